The fourth-order valence-electron chi connectivity index (χ4n) is 2.81. The van der Waals surface area contributed by atoms with Gasteiger partial charge in [0.05, 0.1) is 13.2 Å². The van der Waals surface area contributed by atoms with Crippen LogP contribution < -0.4 is 4.74 Å². The smallest absolute Gasteiger partial charge is 0.124 e. The molecule has 20 heavy (non-hydrogen) atoms. The van der Waals surface area contributed by atoms with Crippen molar-refractivity contribution in [1.82, 2.24) is 0 Å². The minimum Gasteiger partial charge on any atom is -0.496 e. The highest BCUT2D eigenvalue weighted by atomic mass is 79.9. The van der Waals surface area contributed by atoms with E-state index in [2.05, 4.69) is 40.2 Å². The first-order valence-corrected chi connectivity index (χ1v) is 7.56. The molecule has 1 N–H and O–H groups in total. The van der Waals surface area contributed by atoms with Crippen LogP contribution in [0.25, 0.3) is 0 Å². The maximum Gasteiger partial charge on any atom is 0.124 e. The number of hydrogen-bond donors (Lipinski definition) is 1. The first kappa shape index (κ1) is 13.7. The molecule has 0 aromatic heterocycles. The van der Waals surface area contributed by atoms with Crippen LogP contribution in [-0.2, 0) is 0 Å². The van der Waals surface area contributed by atoms with Gasteiger partial charge in [-0.25, -0.2) is 0 Å². The van der Waals surface area contributed by atoms with Gasteiger partial charge in [-0.1, -0.05) is 46.3 Å². The Morgan fingerprint density at radius 3 is 2.65 bits per heavy atom. The number of aliphatic hydroxyl groups is 1. The molecule has 2 nitrogen and oxygen atoms in total. The highest BCUT2D eigenvalue weighted by Crippen LogP contribution is 2.55. The van der Waals surface area contributed by atoms with Crippen molar-refractivity contribution in [1.29, 1.82) is 0 Å². The molecule has 2 aromatic carbocycles. The van der Waals surface area contributed by atoms with E-state index in [9.17, 15) is 5.11 Å². The summed E-state index contributed by atoms with van der Waals surface area (Å²) in [7, 11) is 1.64. The van der Waals surface area contributed by atoms with E-state index in [4.69, 9.17) is 4.74 Å². The molecule has 3 unspecified atom stereocenters. The van der Waals surface area contributed by atoms with Gasteiger partial charge in [0.15, 0.2) is 0 Å². The molecule has 3 heteroatoms. The molecule has 0 bridgehead atoms. The summed E-state index contributed by atoms with van der Waals surface area (Å²) in [4.78, 5) is 0. The predicted molar refractivity (Wildman–Crippen MR) is 82.9 cm³/mol. The van der Waals surface area contributed by atoms with Crippen molar-refractivity contribution in [2.45, 2.75) is 18.4 Å². The van der Waals surface area contributed by atoms with Gasteiger partial charge in [0.25, 0.3) is 0 Å². The lowest BCUT2D eigenvalue weighted by molar-refractivity contribution is 0.147. The molecule has 1 aliphatic rings. The van der Waals surface area contributed by atoms with Crippen LogP contribution in [0.3, 0.4) is 0 Å². The number of methoxy groups -OCH3 is 1. The fraction of sp³-hybridized carbons (Fsp3) is 0.294. The van der Waals surface area contributed by atoms with Gasteiger partial charge in [0, 0.05) is 10.0 Å². The lowest BCUT2D eigenvalue weighted by Crippen LogP contribution is -2.04. The molecule has 0 aliphatic heterocycles. The van der Waals surface area contributed by atoms with E-state index in [1.807, 2.05) is 24.3 Å². The highest BCUT2D eigenvalue weighted by Gasteiger charge is 2.44. The fourth-order valence-corrected chi connectivity index (χ4v) is 3.19. The Morgan fingerprint density at radius 1 is 1.20 bits per heavy atom. The Morgan fingerprint density at radius 2 is 1.95 bits per heavy atom. The Labute approximate surface area is 127 Å². The molecule has 104 valence electrons. The van der Waals surface area contributed by atoms with Crippen LogP contribution in [0.4, 0.5) is 0 Å². The third-order valence-corrected chi connectivity index (χ3v) is 4.48. The zero-order chi connectivity index (χ0) is 14.1. The second-order valence-electron chi connectivity index (χ2n) is 5.25. The van der Waals surface area contributed by atoms with Gasteiger partial charge in [-0.05, 0) is 42.0 Å². The molecule has 3 atom stereocenters. The summed E-state index contributed by atoms with van der Waals surface area (Å²) in [6.07, 6.45) is 0.550. The van der Waals surface area contributed by atoms with Crippen molar-refractivity contribution in [2.24, 2.45) is 5.92 Å². The molecule has 1 aliphatic carbocycles. The lowest BCUT2D eigenvalue weighted by Gasteiger charge is -2.15. The van der Waals surface area contributed by atoms with Crippen molar-refractivity contribution < 1.29 is 9.84 Å². The predicted octanol–water partition coefficient (Wildman–Crippen LogP) is 4.29. The van der Waals surface area contributed by atoms with Gasteiger partial charge in [0.2, 0.25) is 0 Å². The average molecular weight is 333 g/mol. The Hall–Kier alpha value is -1.32. The number of hydrogen-bond acceptors (Lipinski definition) is 2. The Balaban J connectivity index is 1.81. The van der Waals surface area contributed by atoms with Gasteiger partial charge >= 0.3 is 0 Å². The van der Waals surface area contributed by atoms with E-state index in [1.54, 1.807) is 7.11 Å². The highest BCUT2D eigenvalue weighted by molar-refractivity contribution is 9.10. The average Bonchev–Trinajstić information content (AvgIpc) is 3.28. The van der Waals surface area contributed by atoms with Crippen molar-refractivity contribution >= 4 is 15.9 Å². The quantitative estimate of drug-likeness (QED) is 0.904. The van der Waals surface area contributed by atoms with Crippen molar-refractivity contribution in [3.05, 3.63) is 64.1 Å². The van der Waals surface area contributed by atoms with Crippen molar-refractivity contribution in [3.63, 3.8) is 0 Å². The van der Waals surface area contributed by atoms with Gasteiger partial charge in [-0.2, -0.15) is 0 Å². The third-order valence-electron chi connectivity index (χ3n) is 3.98. The summed E-state index contributed by atoms with van der Waals surface area (Å²) in [5, 5.41) is 10.6. The first-order valence-electron chi connectivity index (χ1n) is 6.77. The Kier molecular flexibility index (Phi) is 3.81. The molecule has 1 saturated carbocycles. The molecule has 3 rings (SSSR count). The van der Waals surface area contributed by atoms with E-state index >= 15 is 0 Å². The van der Waals surface area contributed by atoms with Crippen LogP contribution in [0.1, 0.15) is 29.6 Å². The van der Waals surface area contributed by atoms with E-state index in [-0.39, 0.29) is 5.92 Å². The van der Waals surface area contributed by atoms with Crippen LogP contribution in [0.2, 0.25) is 0 Å². The summed E-state index contributed by atoms with van der Waals surface area (Å²) < 4.78 is 6.32. The topological polar surface area (TPSA) is 29.5 Å². The number of halogens is 1. The molecule has 0 heterocycles. The number of benzene rings is 2. The van der Waals surface area contributed by atoms with E-state index < -0.39 is 6.10 Å². The third kappa shape index (κ3) is 2.60. The normalized spacial score (nSPS) is 22.4. The lowest BCUT2D eigenvalue weighted by atomic mass is 10.0. The molecule has 0 saturated heterocycles. The summed E-state index contributed by atoms with van der Waals surface area (Å²) in [6.45, 7) is 0. The van der Waals surface area contributed by atoms with Crippen LogP contribution in [0, 0.1) is 5.92 Å². The summed E-state index contributed by atoms with van der Waals surface area (Å²) >= 11 is 3.46. The summed E-state index contributed by atoms with van der Waals surface area (Å²) in [6, 6.07) is 16.2. The standard InChI is InChI=1S/C17H17BrO2/c1-20-16-8-7-12(18)9-15(16)17(19)14-10-13(14)11-5-3-2-4-6-11/h2-9,13-14,17,19H,10H2,1H3. The number of aliphatic hydroxyl groups excluding tert-OH is 1. The van der Waals surface area contributed by atoms with Crippen LogP contribution in [0.5, 0.6) is 5.75 Å². The number of rotatable bonds is 4. The molecule has 0 radical (unpaired) electrons. The van der Waals surface area contributed by atoms with Crippen molar-refractivity contribution in [2.75, 3.05) is 7.11 Å². The first-order chi connectivity index (χ1) is 9.70. The van der Waals surface area contributed by atoms with E-state index in [0.717, 1.165) is 22.2 Å². The van der Waals surface area contributed by atoms with Gasteiger partial charge < -0.3 is 9.84 Å². The van der Waals surface area contributed by atoms with Crippen LogP contribution in [-0.4, -0.2) is 12.2 Å². The molecular weight excluding hydrogens is 316 g/mol. The van der Waals surface area contributed by atoms with E-state index in [1.165, 1.54) is 5.56 Å². The minimum atomic E-state index is -0.479. The monoisotopic (exact) mass is 332 g/mol. The summed E-state index contributed by atoms with van der Waals surface area (Å²) in [5.41, 5.74) is 2.18. The Bertz CT molecular complexity index is 597. The zero-order valence-corrected chi connectivity index (χ0v) is 12.9. The van der Waals surface area contributed by atoms with Gasteiger partial charge in [0.1, 0.15) is 5.75 Å². The maximum absolute atomic E-state index is 10.6. The molecule has 0 amide bonds. The molecular formula is C17H17BrO2. The van der Waals surface area contributed by atoms with Gasteiger partial charge in [-0.15, -0.1) is 0 Å². The van der Waals surface area contributed by atoms with Crippen LogP contribution >= 0.6 is 15.9 Å². The largest absolute Gasteiger partial charge is 0.496 e. The summed E-state index contributed by atoms with van der Waals surface area (Å²) in [5.74, 6) is 1.48. The minimum absolute atomic E-state index is 0.278. The van der Waals surface area contributed by atoms with Crippen molar-refractivity contribution in [3.8, 4) is 5.75 Å². The zero-order valence-electron chi connectivity index (χ0n) is 11.3. The van der Waals surface area contributed by atoms with Gasteiger partial charge in [-0.3, -0.25) is 0 Å². The molecule has 0 spiro atoms. The molecule has 1 fully saturated rings. The SMILES string of the molecule is COc1ccc(Br)cc1C(O)C1CC1c1ccccc1. The second kappa shape index (κ2) is 5.58. The van der Waals surface area contributed by atoms with Crippen LogP contribution in [0.15, 0.2) is 53.0 Å². The maximum atomic E-state index is 10.6. The second-order valence-corrected chi connectivity index (χ2v) is 6.16. The molecule has 2 aromatic rings. The number of ether oxygens (including phenoxy) is 1. The van der Waals surface area contributed by atoms with E-state index in [0.29, 0.717) is 5.92 Å².